The van der Waals surface area contributed by atoms with E-state index in [1.807, 2.05) is 13.8 Å². The van der Waals surface area contributed by atoms with E-state index >= 15 is 0 Å². The van der Waals surface area contributed by atoms with Gasteiger partial charge in [0.05, 0.1) is 18.1 Å². The van der Waals surface area contributed by atoms with Crippen LogP contribution in [0.1, 0.15) is 59.2 Å². The van der Waals surface area contributed by atoms with Gasteiger partial charge >= 0.3 is 11.9 Å². The maximum atomic E-state index is 12.0. The Morgan fingerprint density at radius 3 is 2.29 bits per heavy atom. The van der Waals surface area contributed by atoms with E-state index in [0.717, 1.165) is 36.0 Å². The average molecular weight is 290 g/mol. The molecule has 114 valence electrons. The highest BCUT2D eigenvalue weighted by molar-refractivity contribution is 5.91. The molecule has 0 radical (unpaired) electrons. The predicted octanol–water partition coefficient (Wildman–Crippen LogP) is 3.38. The Hall–Kier alpha value is -1.84. The Balaban J connectivity index is 2.62. The molecular formula is C17H22O4. The SMILES string of the molecule is COC(=O)c1cc(C)c(C)c(C2(C(=O)O)CCCCC2)c1. The van der Waals surface area contributed by atoms with Gasteiger partial charge in [-0.3, -0.25) is 4.79 Å². The lowest BCUT2D eigenvalue weighted by Gasteiger charge is -2.35. The highest BCUT2D eigenvalue weighted by atomic mass is 16.5. The number of ether oxygens (including phenoxy) is 1. The first-order valence-corrected chi connectivity index (χ1v) is 7.36. The molecule has 1 fully saturated rings. The van der Waals surface area contributed by atoms with Crippen LogP contribution in [0.4, 0.5) is 0 Å². The van der Waals surface area contributed by atoms with Crippen molar-refractivity contribution in [2.24, 2.45) is 0 Å². The van der Waals surface area contributed by atoms with Gasteiger partial charge in [-0.2, -0.15) is 0 Å². The molecular weight excluding hydrogens is 268 g/mol. The molecule has 4 heteroatoms. The summed E-state index contributed by atoms with van der Waals surface area (Å²) >= 11 is 0. The molecule has 1 saturated carbocycles. The second-order valence-electron chi connectivity index (χ2n) is 5.91. The molecule has 0 amide bonds. The third kappa shape index (κ3) is 2.67. The number of aryl methyl sites for hydroxylation is 1. The first kappa shape index (κ1) is 15.5. The average Bonchev–Trinajstić information content (AvgIpc) is 2.49. The van der Waals surface area contributed by atoms with E-state index in [2.05, 4.69) is 0 Å². The Bertz CT molecular complexity index is 568. The minimum Gasteiger partial charge on any atom is -0.481 e. The molecule has 1 aromatic carbocycles. The Kier molecular flexibility index (Phi) is 4.35. The summed E-state index contributed by atoms with van der Waals surface area (Å²) in [6.07, 6.45) is 4.16. The number of carbonyl (C=O) groups is 2. The van der Waals surface area contributed by atoms with Crippen LogP contribution < -0.4 is 0 Å². The fraction of sp³-hybridized carbons (Fsp3) is 0.529. The lowest BCUT2D eigenvalue weighted by molar-refractivity contribution is -0.145. The van der Waals surface area contributed by atoms with Crippen molar-refractivity contribution in [3.63, 3.8) is 0 Å². The molecule has 0 saturated heterocycles. The summed E-state index contributed by atoms with van der Waals surface area (Å²) in [5.74, 6) is -1.21. The quantitative estimate of drug-likeness (QED) is 0.867. The lowest BCUT2D eigenvalue weighted by atomic mass is 9.67. The predicted molar refractivity (Wildman–Crippen MR) is 79.7 cm³/mol. The first-order chi connectivity index (χ1) is 9.92. The Morgan fingerprint density at radius 1 is 1.14 bits per heavy atom. The van der Waals surface area contributed by atoms with Crippen LogP contribution in [0.25, 0.3) is 0 Å². The molecule has 0 atom stereocenters. The van der Waals surface area contributed by atoms with Crippen LogP contribution in [0.2, 0.25) is 0 Å². The minimum atomic E-state index is -0.864. The molecule has 0 bridgehead atoms. The number of benzene rings is 1. The monoisotopic (exact) mass is 290 g/mol. The van der Waals surface area contributed by atoms with Crippen LogP contribution in [-0.2, 0) is 14.9 Å². The van der Waals surface area contributed by atoms with Gasteiger partial charge in [0.15, 0.2) is 0 Å². The molecule has 0 spiro atoms. The molecule has 0 heterocycles. The zero-order valence-corrected chi connectivity index (χ0v) is 12.9. The summed E-state index contributed by atoms with van der Waals surface area (Å²) in [5, 5.41) is 9.83. The van der Waals surface area contributed by atoms with Gasteiger partial charge in [0.1, 0.15) is 0 Å². The minimum absolute atomic E-state index is 0.421. The molecule has 0 aliphatic heterocycles. The van der Waals surface area contributed by atoms with E-state index in [0.29, 0.717) is 18.4 Å². The van der Waals surface area contributed by atoms with Gasteiger partial charge < -0.3 is 9.84 Å². The molecule has 1 aromatic rings. The number of carbonyl (C=O) groups excluding carboxylic acids is 1. The van der Waals surface area contributed by atoms with Crippen LogP contribution in [0.5, 0.6) is 0 Å². The van der Waals surface area contributed by atoms with Gasteiger partial charge in [0.25, 0.3) is 0 Å². The van der Waals surface area contributed by atoms with Crippen LogP contribution in [-0.4, -0.2) is 24.2 Å². The van der Waals surface area contributed by atoms with Crippen LogP contribution in [0.15, 0.2) is 12.1 Å². The number of esters is 1. The van der Waals surface area contributed by atoms with Crippen molar-refractivity contribution in [1.29, 1.82) is 0 Å². The highest BCUT2D eigenvalue weighted by Gasteiger charge is 2.42. The van der Waals surface area contributed by atoms with Crippen molar-refractivity contribution in [1.82, 2.24) is 0 Å². The van der Waals surface area contributed by atoms with Crippen molar-refractivity contribution < 1.29 is 19.4 Å². The third-order valence-corrected chi connectivity index (χ3v) is 4.72. The maximum absolute atomic E-state index is 12.0. The van der Waals surface area contributed by atoms with E-state index in [1.165, 1.54) is 7.11 Å². The second kappa shape index (κ2) is 5.88. The number of hydrogen-bond acceptors (Lipinski definition) is 3. The summed E-state index contributed by atoms with van der Waals surface area (Å²) in [6.45, 7) is 3.84. The van der Waals surface area contributed by atoms with E-state index in [4.69, 9.17) is 4.74 Å². The van der Waals surface area contributed by atoms with E-state index in [-0.39, 0.29) is 0 Å². The van der Waals surface area contributed by atoms with Crippen molar-refractivity contribution >= 4 is 11.9 Å². The summed E-state index contributed by atoms with van der Waals surface area (Å²) < 4.78 is 4.78. The van der Waals surface area contributed by atoms with Crippen molar-refractivity contribution in [2.45, 2.75) is 51.4 Å². The number of carboxylic acid groups (broad SMARTS) is 1. The van der Waals surface area contributed by atoms with Crippen molar-refractivity contribution in [3.8, 4) is 0 Å². The Morgan fingerprint density at radius 2 is 1.76 bits per heavy atom. The van der Waals surface area contributed by atoms with Crippen LogP contribution >= 0.6 is 0 Å². The molecule has 1 aliphatic rings. The van der Waals surface area contributed by atoms with Gasteiger partial charge in [0.2, 0.25) is 0 Å². The van der Waals surface area contributed by atoms with Gasteiger partial charge in [0, 0.05) is 0 Å². The molecule has 2 rings (SSSR count). The van der Waals surface area contributed by atoms with Gasteiger partial charge in [-0.25, -0.2) is 4.79 Å². The van der Waals surface area contributed by atoms with Gasteiger partial charge in [-0.1, -0.05) is 19.3 Å². The number of carboxylic acids is 1. The molecule has 21 heavy (non-hydrogen) atoms. The molecule has 1 aliphatic carbocycles. The zero-order chi connectivity index (χ0) is 15.6. The van der Waals surface area contributed by atoms with E-state index in [1.54, 1.807) is 12.1 Å². The molecule has 0 aromatic heterocycles. The van der Waals surface area contributed by atoms with E-state index in [9.17, 15) is 14.7 Å². The maximum Gasteiger partial charge on any atom is 0.337 e. The first-order valence-electron chi connectivity index (χ1n) is 7.36. The fourth-order valence-corrected chi connectivity index (χ4v) is 3.35. The Labute approximate surface area is 125 Å². The van der Waals surface area contributed by atoms with Crippen LogP contribution in [0.3, 0.4) is 0 Å². The van der Waals surface area contributed by atoms with Gasteiger partial charge in [-0.05, 0) is 55.5 Å². The standard InChI is InChI=1S/C17H22O4/c1-11-9-13(15(18)21-3)10-14(12(11)2)17(16(19)20)7-5-4-6-8-17/h9-10H,4-8H2,1-3H3,(H,19,20). The topological polar surface area (TPSA) is 63.6 Å². The largest absolute Gasteiger partial charge is 0.481 e. The van der Waals surface area contributed by atoms with E-state index < -0.39 is 17.4 Å². The summed E-state index contributed by atoms with van der Waals surface area (Å²) in [5.41, 5.74) is 2.24. The second-order valence-corrected chi connectivity index (χ2v) is 5.91. The van der Waals surface area contributed by atoms with Crippen molar-refractivity contribution in [3.05, 3.63) is 34.4 Å². The van der Waals surface area contributed by atoms with Gasteiger partial charge in [-0.15, -0.1) is 0 Å². The summed E-state index contributed by atoms with van der Waals surface area (Å²) in [4.78, 5) is 23.8. The van der Waals surface area contributed by atoms with Crippen molar-refractivity contribution in [2.75, 3.05) is 7.11 Å². The third-order valence-electron chi connectivity index (χ3n) is 4.72. The molecule has 4 nitrogen and oxygen atoms in total. The molecule has 1 N–H and O–H groups in total. The zero-order valence-electron chi connectivity index (χ0n) is 12.9. The fourth-order valence-electron chi connectivity index (χ4n) is 3.35. The number of methoxy groups -OCH3 is 1. The molecule has 0 unspecified atom stereocenters. The normalized spacial score (nSPS) is 17.3. The number of hydrogen-bond donors (Lipinski definition) is 1. The number of aliphatic carboxylic acids is 1. The smallest absolute Gasteiger partial charge is 0.337 e. The van der Waals surface area contributed by atoms with Crippen LogP contribution in [0, 0.1) is 13.8 Å². The highest BCUT2D eigenvalue weighted by Crippen LogP contribution is 2.42. The number of rotatable bonds is 3. The summed E-state index contributed by atoms with van der Waals surface area (Å²) in [6, 6.07) is 3.48. The summed E-state index contributed by atoms with van der Waals surface area (Å²) in [7, 11) is 1.34. The lowest BCUT2D eigenvalue weighted by Crippen LogP contribution is -2.38.